The summed E-state index contributed by atoms with van der Waals surface area (Å²) in [5, 5.41) is 4.94. The molecule has 0 aliphatic heterocycles. The number of carbonyl (C=O) groups excluding carboxylic acids is 1. The van der Waals surface area contributed by atoms with Gasteiger partial charge < -0.3 is 15.2 Å². The van der Waals surface area contributed by atoms with Crippen molar-refractivity contribution >= 4 is 28.8 Å². The van der Waals surface area contributed by atoms with Crippen molar-refractivity contribution in [2.45, 2.75) is 11.4 Å². The van der Waals surface area contributed by atoms with Gasteiger partial charge in [-0.3, -0.25) is 0 Å². The molecule has 0 spiro atoms. The second-order valence-electron chi connectivity index (χ2n) is 7.45. The molecular weight excluding hydrogens is 475 g/mol. The van der Waals surface area contributed by atoms with Crippen molar-refractivity contribution in [1.29, 1.82) is 0 Å². The maximum Gasteiger partial charge on any atom is 0.319 e. The van der Waals surface area contributed by atoms with E-state index in [1.807, 2.05) is 48.5 Å². The Morgan fingerprint density at radius 2 is 1.43 bits per heavy atom. The number of urea groups is 1. The number of hydrogen-bond donors (Lipinski definition) is 3. The summed E-state index contributed by atoms with van der Waals surface area (Å²) >= 11 is -1.54. The molecule has 0 bridgehead atoms. The lowest BCUT2D eigenvalue weighted by molar-refractivity contribution is 0.251. The van der Waals surface area contributed by atoms with Crippen LogP contribution in [0, 0.1) is 17.5 Å². The fourth-order valence-electron chi connectivity index (χ4n) is 3.32. The fraction of sp³-hybridized carbons (Fsp3) is 0.0385. The Morgan fingerprint density at radius 1 is 0.771 bits per heavy atom. The molecule has 5 nitrogen and oxygen atoms in total. The molecule has 0 radical (unpaired) electrons. The average Bonchev–Trinajstić information content (AvgIpc) is 2.88. The van der Waals surface area contributed by atoms with Gasteiger partial charge in [-0.25, -0.2) is 22.7 Å². The van der Waals surface area contributed by atoms with Gasteiger partial charge in [-0.2, -0.15) is 0 Å². The van der Waals surface area contributed by atoms with E-state index in [0.717, 1.165) is 23.3 Å². The highest BCUT2D eigenvalue weighted by Crippen LogP contribution is 2.28. The first-order valence-corrected chi connectivity index (χ1v) is 11.7. The summed E-state index contributed by atoms with van der Waals surface area (Å²) in [5.41, 5.74) is 2.62. The van der Waals surface area contributed by atoms with Gasteiger partial charge in [0.25, 0.3) is 0 Å². The van der Waals surface area contributed by atoms with Crippen LogP contribution in [0.4, 0.5) is 29.3 Å². The first-order valence-electron chi connectivity index (χ1n) is 10.5. The van der Waals surface area contributed by atoms with Crippen molar-refractivity contribution in [1.82, 2.24) is 5.32 Å². The molecule has 0 aromatic heterocycles. The van der Waals surface area contributed by atoms with Crippen LogP contribution in [0.3, 0.4) is 0 Å². The van der Waals surface area contributed by atoms with E-state index in [2.05, 4.69) is 15.4 Å². The molecule has 0 heterocycles. The average molecular weight is 496 g/mol. The highest BCUT2D eigenvalue weighted by molar-refractivity contribution is 7.92. The molecule has 0 saturated heterocycles. The Hall–Kier alpha value is -3.95. The van der Waals surface area contributed by atoms with Crippen LogP contribution in [0.15, 0.2) is 95.9 Å². The number of rotatable bonds is 7. The third-order valence-corrected chi connectivity index (χ3v) is 6.26. The molecule has 9 heteroatoms. The smallest absolute Gasteiger partial charge is 0.319 e. The number of amides is 2. The SMILES string of the molecule is O=C(NCc1ccc(F)c(F)c1F)Nc1ccc(N[S+]([O-])c2ccccc2-c2ccccc2)cc1. The quantitative estimate of drug-likeness (QED) is 0.210. The molecule has 4 aromatic carbocycles. The summed E-state index contributed by atoms with van der Waals surface area (Å²) in [5.74, 6) is -4.23. The van der Waals surface area contributed by atoms with Gasteiger partial charge >= 0.3 is 6.03 Å². The summed E-state index contributed by atoms with van der Waals surface area (Å²) in [7, 11) is 0. The van der Waals surface area contributed by atoms with E-state index in [4.69, 9.17) is 0 Å². The minimum Gasteiger partial charge on any atom is -0.588 e. The Balaban J connectivity index is 1.36. The molecular formula is C26H20F3N3O2S. The summed E-state index contributed by atoms with van der Waals surface area (Å²) < 4.78 is 56.0. The van der Waals surface area contributed by atoms with Crippen molar-refractivity contribution < 1.29 is 22.5 Å². The van der Waals surface area contributed by atoms with Crippen LogP contribution < -0.4 is 15.4 Å². The third-order valence-electron chi connectivity index (χ3n) is 5.08. The number of benzene rings is 4. The third kappa shape index (κ3) is 5.95. The van der Waals surface area contributed by atoms with Gasteiger partial charge in [0, 0.05) is 23.4 Å². The van der Waals surface area contributed by atoms with Gasteiger partial charge in [-0.05, 0) is 48.0 Å². The Kier molecular flexibility index (Phi) is 7.59. The lowest BCUT2D eigenvalue weighted by Gasteiger charge is -2.15. The summed E-state index contributed by atoms with van der Waals surface area (Å²) in [4.78, 5) is 12.7. The van der Waals surface area contributed by atoms with E-state index >= 15 is 0 Å². The second-order valence-corrected chi connectivity index (χ2v) is 8.63. The van der Waals surface area contributed by atoms with E-state index in [1.165, 1.54) is 0 Å². The standard InChI is InChI=1S/C26H20F3N3O2S/c27-22-15-10-18(24(28)25(22)29)16-30-26(33)31-19-11-13-20(14-12-19)32-35(34)23-9-5-4-8-21(23)17-6-2-1-3-7-17/h1-15,32H,16H2,(H2,30,31,33). The Bertz CT molecular complexity index is 1320. The van der Waals surface area contributed by atoms with Crippen LogP contribution in [0.2, 0.25) is 0 Å². The maximum atomic E-state index is 13.7. The van der Waals surface area contributed by atoms with Crippen LogP contribution in [0.5, 0.6) is 0 Å². The van der Waals surface area contributed by atoms with E-state index < -0.39 is 34.8 Å². The first kappa shape index (κ1) is 24.2. The van der Waals surface area contributed by atoms with Gasteiger partial charge in [0.15, 0.2) is 22.3 Å². The predicted octanol–water partition coefficient (Wildman–Crippen LogP) is 6.23. The van der Waals surface area contributed by atoms with Gasteiger partial charge in [0.2, 0.25) is 0 Å². The van der Waals surface area contributed by atoms with Crippen molar-refractivity contribution in [3.63, 3.8) is 0 Å². The molecule has 0 aliphatic carbocycles. The molecule has 3 N–H and O–H groups in total. The van der Waals surface area contributed by atoms with Crippen LogP contribution in [-0.4, -0.2) is 10.6 Å². The molecule has 4 rings (SSSR count). The minimum atomic E-state index is -1.59. The van der Waals surface area contributed by atoms with Gasteiger partial charge in [0.05, 0.1) is 5.69 Å². The van der Waals surface area contributed by atoms with Gasteiger partial charge in [-0.15, -0.1) is 0 Å². The van der Waals surface area contributed by atoms with Gasteiger partial charge in [-0.1, -0.05) is 48.5 Å². The van der Waals surface area contributed by atoms with E-state index in [0.29, 0.717) is 16.3 Å². The van der Waals surface area contributed by atoms with Crippen LogP contribution in [0.1, 0.15) is 5.56 Å². The van der Waals surface area contributed by atoms with Crippen molar-refractivity contribution in [3.8, 4) is 11.1 Å². The summed E-state index contributed by atoms with van der Waals surface area (Å²) in [6, 6.07) is 24.7. The highest BCUT2D eigenvalue weighted by Gasteiger charge is 2.18. The number of anilines is 2. The summed E-state index contributed by atoms with van der Waals surface area (Å²) in [6.07, 6.45) is 0. The van der Waals surface area contributed by atoms with E-state index in [9.17, 15) is 22.5 Å². The highest BCUT2D eigenvalue weighted by atomic mass is 32.2. The largest absolute Gasteiger partial charge is 0.588 e. The number of halogens is 3. The molecule has 1 unspecified atom stereocenters. The molecule has 1 atom stereocenters. The zero-order valence-electron chi connectivity index (χ0n) is 18.2. The number of hydrogen-bond acceptors (Lipinski definition) is 3. The molecule has 4 aromatic rings. The van der Waals surface area contributed by atoms with Crippen LogP contribution in [0.25, 0.3) is 11.1 Å². The van der Waals surface area contributed by atoms with Crippen molar-refractivity contribution in [2.75, 3.05) is 10.0 Å². The van der Waals surface area contributed by atoms with Crippen LogP contribution >= 0.6 is 0 Å². The second kappa shape index (κ2) is 11.0. The monoisotopic (exact) mass is 495 g/mol. The lowest BCUT2D eigenvalue weighted by Crippen LogP contribution is -2.28. The van der Waals surface area contributed by atoms with Crippen molar-refractivity contribution in [3.05, 3.63) is 114 Å². The van der Waals surface area contributed by atoms with Gasteiger partial charge in [0.1, 0.15) is 11.4 Å². The number of nitrogens with one attached hydrogen (secondary N) is 3. The molecule has 2 amide bonds. The Labute approximate surface area is 203 Å². The normalized spacial score (nSPS) is 11.5. The summed E-state index contributed by atoms with van der Waals surface area (Å²) in [6.45, 7) is -0.325. The minimum absolute atomic E-state index is 0.183. The molecule has 0 saturated carbocycles. The maximum absolute atomic E-state index is 13.7. The van der Waals surface area contributed by atoms with Crippen molar-refractivity contribution in [2.24, 2.45) is 0 Å². The number of carbonyl (C=O) groups is 1. The predicted molar refractivity (Wildman–Crippen MR) is 131 cm³/mol. The topological polar surface area (TPSA) is 76.2 Å². The molecule has 35 heavy (non-hydrogen) atoms. The zero-order valence-corrected chi connectivity index (χ0v) is 19.0. The Morgan fingerprint density at radius 3 is 2.17 bits per heavy atom. The first-order chi connectivity index (χ1) is 16.9. The van der Waals surface area contributed by atoms with Crippen LogP contribution in [-0.2, 0) is 17.9 Å². The van der Waals surface area contributed by atoms with E-state index in [1.54, 1.807) is 30.3 Å². The zero-order chi connectivity index (χ0) is 24.8. The molecule has 0 fully saturated rings. The molecule has 178 valence electrons. The van der Waals surface area contributed by atoms with E-state index in [-0.39, 0.29) is 12.1 Å². The fourth-order valence-corrected chi connectivity index (χ4v) is 4.37. The molecule has 0 aliphatic rings. The lowest BCUT2D eigenvalue weighted by atomic mass is 10.1.